The molecule has 0 saturated carbocycles. The highest BCUT2D eigenvalue weighted by Gasteiger charge is 2.36. The Labute approximate surface area is 190 Å². The average Bonchev–Trinajstić information content (AvgIpc) is 3.05. The van der Waals surface area contributed by atoms with Gasteiger partial charge in [-0.15, -0.1) is 11.3 Å². The molecule has 33 heavy (non-hydrogen) atoms. The fraction of sp³-hybridized carbons (Fsp3) is 0.429. The van der Waals surface area contributed by atoms with E-state index in [1.54, 1.807) is 6.92 Å². The van der Waals surface area contributed by atoms with Gasteiger partial charge in [-0.1, -0.05) is 6.92 Å². The zero-order valence-electron chi connectivity index (χ0n) is 17.9. The van der Waals surface area contributed by atoms with Crippen LogP contribution in [0, 0.1) is 5.92 Å². The van der Waals surface area contributed by atoms with Crippen molar-refractivity contribution in [2.24, 2.45) is 11.7 Å². The van der Waals surface area contributed by atoms with Gasteiger partial charge >= 0.3 is 12.1 Å². The number of fused-ring (bicyclic) bond motifs is 1. The SMILES string of the molecule is CCOC(=O)c1c(NC(=O)Cn2c(C(F)(F)F)ccc(C(N)=O)c2=O)sc2c1CC[C@H](C)C2. The number of primary amides is 1. The van der Waals surface area contributed by atoms with E-state index in [4.69, 9.17) is 10.5 Å². The number of nitrogens with one attached hydrogen (secondary N) is 1. The zero-order valence-corrected chi connectivity index (χ0v) is 18.7. The molecule has 0 fully saturated rings. The lowest BCUT2D eigenvalue weighted by Gasteiger charge is -2.18. The number of halogens is 3. The maximum Gasteiger partial charge on any atom is 0.431 e. The number of carbonyl (C=O) groups is 3. The Balaban J connectivity index is 1.98. The third-order valence-electron chi connectivity index (χ3n) is 5.28. The summed E-state index contributed by atoms with van der Waals surface area (Å²) in [6, 6.07) is 1.19. The van der Waals surface area contributed by atoms with Gasteiger partial charge in [0, 0.05) is 4.88 Å². The second-order valence-corrected chi connectivity index (χ2v) is 8.82. The molecule has 0 radical (unpaired) electrons. The van der Waals surface area contributed by atoms with Crippen LogP contribution < -0.4 is 16.6 Å². The minimum absolute atomic E-state index is 0.109. The fourth-order valence-electron chi connectivity index (χ4n) is 3.74. The van der Waals surface area contributed by atoms with E-state index < -0.39 is 47.3 Å². The molecule has 2 aromatic heterocycles. The molecule has 12 heteroatoms. The maximum atomic E-state index is 13.4. The van der Waals surface area contributed by atoms with Crippen LogP contribution in [0.25, 0.3) is 0 Å². The Hall–Kier alpha value is -3.15. The van der Waals surface area contributed by atoms with Crippen LogP contribution in [0.5, 0.6) is 0 Å². The summed E-state index contributed by atoms with van der Waals surface area (Å²) in [6.07, 6.45) is -2.81. The normalized spacial score (nSPS) is 15.6. The van der Waals surface area contributed by atoms with Crippen LogP contribution in [-0.4, -0.2) is 29.0 Å². The number of alkyl halides is 3. The topological polar surface area (TPSA) is 120 Å². The molecule has 2 amide bonds. The number of thiophene rings is 1. The van der Waals surface area contributed by atoms with Crippen molar-refractivity contribution in [1.29, 1.82) is 0 Å². The molecule has 0 bridgehead atoms. The van der Waals surface area contributed by atoms with Crippen molar-refractivity contribution < 1.29 is 32.3 Å². The van der Waals surface area contributed by atoms with E-state index in [2.05, 4.69) is 12.2 Å². The van der Waals surface area contributed by atoms with Gasteiger partial charge in [0.1, 0.15) is 22.8 Å². The molecular formula is C21H22F3N3O5S. The largest absolute Gasteiger partial charge is 0.462 e. The van der Waals surface area contributed by atoms with Gasteiger partial charge in [0.15, 0.2) is 0 Å². The molecule has 2 aromatic rings. The van der Waals surface area contributed by atoms with Crippen LogP contribution in [0.1, 0.15) is 57.1 Å². The number of hydrogen-bond donors (Lipinski definition) is 2. The molecule has 1 aliphatic carbocycles. The molecule has 1 aliphatic rings. The van der Waals surface area contributed by atoms with Gasteiger partial charge in [0.25, 0.3) is 11.5 Å². The van der Waals surface area contributed by atoms with Gasteiger partial charge in [-0.2, -0.15) is 13.2 Å². The number of nitrogens with zero attached hydrogens (tertiary/aromatic N) is 1. The minimum Gasteiger partial charge on any atom is -0.462 e. The van der Waals surface area contributed by atoms with Crippen LogP contribution in [0.2, 0.25) is 0 Å². The first kappa shape index (κ1) is 24.5. The molecule has 1 atom stereocenters. The summed E-state index contributed by atoms with van der Waals surface area (Å²) in [7, 11) is 0. The number of pyridine rings is 1. The van der Waals surface area contributed by atoms with Gasteiger partial charge in [-0.05, 0) is 49.8 Å². The third-order valence-corrected chi connectivity index (χ3v) is 6.45. The lowest BCUT2D eigenvalue weighted by molar-refractivity contribution is -0.144. The highest BCUT2D eigenvalue weighted by Crippen LogP contribution is 2.40. The molecule has 0 spiro atoms. The molecule has 3 rings (SSSR count). The monoisotopic (exact) mass is 485 g/mol. The summed E-state index contributed by atoms with van der Waals surface area (Å²) in [5, 5.41) is 2.62. The van der Waals surface area contributed by atoms with Crippen LogP contribution >= 0.6 is 11.3 Å². The van der Waals surface area contributed by atoms with Gasteiger partial charge in [-0.25, -0.2) is 4.79 Å². The van der Waals surface area contributed by atoms with Gasteiger partial charge < -0.3 is 15.8 Å². The molecule has 0 aliphatic heterocycles. The number of rotatable bonds is 6. The molecular weight excluding hydrogens is 463 g/mol. The minimum atomic E-state index is -4.95. The van der Waals surface area contributed by atoms with E-state index >= 15 is 0 Å². The zero-order chi connectivity index (χ0) is 24.5. The number of carbonyl (C=O) groups excluding carboxylic acids is 3. The summed E-state index contributed by atoms with van der Waals surface area (Å²) in [4.78, 5) is 50.0. The van der Waals surface area contributed by atoms with Crippen molar-refractivity contribution in [3.05, 3.63) is 49.7 Å². The Morgan fingerprint density at radius 2 is 2.00 bits per heavy atom. The average molecular weight is 485 g/mol. The summed E-state index contributed by atoms with van der Waals surface area (Å²) in [5.41, 5.74) is 2.59. The lowest BCUT2D eigenvalue weighted by Crippen LogP contribution is -2.36. The number of ether oxygens (including phenoxy) is 1. The van der Waals surface area contributed by atoms with Crippen molar-refractivity contribution in [2.75, 3.05) is 11.9 Å². The van der Waals surface area contributed by atoms with Crippen LogP contribution in [0.3, 0.4) is 0 Å². The fourth-order valence-corrected chi connectivity index (χ4v) is 5.15. The van der Waals surface area contributed by atoms with Crippen molar-refractivity contribution in [2.45, 2.75) is 45.8 Å². The Bertz CT molecular complexity index is 1170. The molecule has 0 aromatic carbocycles. The number of aromatic nitrogens is 1. The lowest BCUT2D eigenvalue weighted by atomic mass is 9.88. The van der Waals surface area contributed by atoms with E-state index in [0.717, 1.165) is 28.2 Å². The molecule has 8 nitrogen and oxygen atoms in total. The number of nitrogens with two attached hydrogens (primary N) is 1. The van der Waals surface area contributed by atoms with E-state index in [0.29, 0.717) is 30.9 Å². The van der Waals surface area contributed by atoms with Crippen LogP contribution in [0.4, 0.5) is 18.2 Å². The van der Waals surface area contributed by atoms with Crippen molar-refractivity contribution in [3.8, 4) is 0 Å². The molecule has 3 N–H and O–H groups in total. The maximum absolute atomic E-state index is 13.4. The molecule has 0 unspecified atom stereocenters. The standard InChI is InChI=1S/C21H22F3N3O5S/c1-3-32-20(31)16-11-5-4-10(2)8-13(11)33-18(16)26-15(28)9-27-14(21(22,23)24)7-6-12(17(25)29)19(27)30/h6-7,10H,3-5,8-9H2,1-2H3,(H2,25,29)(H,26,28)/t10-/m0/s1. The summed E-state index contributed by atoms with van der Waals surface area (Å²) in [5.74, 6) is -2.45. The van der Waals surface area contributed by atoms with E-state index in [-0.39, 0.29) is 21.7 Å². The summed E-state index contributed by atoms with van der Waals surface area (Å²) >= 11 is 1.16. The van der Waals surface area contributed by atoms with E-state index in [9.17, 15) is 32.3 Å². The Morgan fingerprint density at radius 1 is 1.30 bits per heavy atom. The molecule has 2 heterocycles. The van der Waals surface area contributed by atoms with Crippen LogP contribution in [0.15, 0.2) is 16.9 Å². The second kappa shape index (κ2) is 9.38. The van der Waals surface area contributed by atoms with Gasteiger partial charge in [-0.3, -0.25) is 19.0 Å². The number of esters is 1. The molecule has 178 valence electrons. The van der Waals surface area contributed by atoms with Crippen LogP contribution in [-0.2, 0) is 35.1 Å². The predicted octanol–water partition coefficient (Wildman–Crippen LogP) is 2.97. The summed E-state index contributed by atoms with van der Waals surface area (Å²) < 4.78 is 45.5. The van der Waals surface area contributed by atoms with Crippen molar-refractivity contribution in [1.82, 2.24) is 4.57 Å². The Kier molecular flexibility index (Phi) is 6.96. The Morgan fingerprint density at radius 3 is 2.61 bits per heavy atom. The van der Waals surface area contributed by atoms with E-state index in [1.165, 1.54) is 0 Å². The summed E-state index contributed by atoms with van der Waals surface area (Å²) in [6.45, 7) is 2.77. The highest BCUT2D eigenvalue weighted by molar-refractivity contribution is 7.17. The number of hydrogen-bond acceptors (Lipinski definition) is 6. The second-order valence-electron chi connectivity index (χ2n) is 7.71. The third kappa shape index (κ3) is 5.10. The predicted molar refractivity (Wildman–Crippen MR) is 114 cm³/mol. The van der Waals surface area contributed by atoms with E-state index in [1.807, 2.05) is 0 Å². The quantitative estimate of drug-likeness (QED) is 0.610. The number of anilines is 1. The van der Waals surface area contributed by atoms with Gasteiger partial charge in [0.2, 0.25) is 5.91 Å². The molecule has 0 saturated heterocycles. The van der Waals surface area contributed by atoms with Crippen molar-refractivity contribution in [3.63, 3.8) is 0 Å². The first-order valence-corrected chi connectivity index (χ1v) is 11.0. The number of amides is 2. The first-order valence-electron chi connectivity index (χ1n) is 10.2. The highest BCUT2D eigenvalue weighted by atomic mass is 32.1. The van der Waals surface area contributed by atoms with Crippen molar-refractivity contribution >= 4 is 34.1 Å². The van der Waals surface area contributed by atoms with Gasteiger partial charge in [0.05, 0.1) is 12.2 Å². The first-order chi connectivity index (χ1) is 15.4. The smallest absolute Gasteiger partial charge is 0.431 e.